The summed E-state index contributed by atoms with van der Waals surface area (Å²) in [7, 11) is 1.87. The highest BCUT2D eigenvalue weighted by atomic mass is 32.1. The largest absolute Gasteiger partial charge is 0.435 e. The van der Waals surface area contributed by atoms with Gasteiger partial charge in [-0.15, -0.1) is 11.3 Å². The summed E-state index contributed by atoms with van der Waals surface area (Å²) in [6.07, 6.45) is 1.71. The van der Waals surface area contributed by atoms with Crippen LogP contribution < -0.4 is 10.3 Å². The van der Waals surface area contributed by atoms with E-state index in [1.54, 1.807) is 29.7 Å². The highest BCUT2D eigenvalue weighted by Gasteiger charge is 2.16. The van der Waals surface area contributed by atoms with Gasteiger partial charge in [-0.2, -0.15) is 13.9 Å². The zero-order chi connectivity index (χ0) is 18.4. The smallest absolute Gasteiger partial charge is 0.387 e. The molecule has 0 radical (unpaired) electrons. The first kappa shape index (κ1) is 16.7. The minimum absolute atomic E-state index is 0.0811. The summed E-state index contributed by atoms with van der Waals surface area (Å²) < 4.78 is 33.1. The molecule has 0 N–H and O–H groups in total. The molecule has 0 spiro atoms. The summed E-state index contributed by atoms with van der Waals surface area (Å²) in [5.74, 6) is 0.0811. The third kappa shape index (κ3) is 2.76. The van der Waals surface area contributed by atoms with Crippen LogP contribution in [-0.2, 0) is 13.6 Å². The van der Waals surface area contributed by atoms with Gasteiger partial charge in [0.1, 0.15) is 11.3 Å². The number of fused-ring (bicyclic) bond motifs is 3. The van der Waals surface area contributed by atoms with Gasteiger partial charge in [-0.05, 0) is 30.7 Å². The SMILES string of the molecule is Cc1cc2c(s1)c1cnn(Cc3ccc(OC(F)F)cc3)c(=O)c1n2C. The quantitative estimate of drug-likeness (QED) is 0.543. The molecule has 4 rings (SSSR count). The Morgan fingerprint density at radius 2 is 2.00 bits per heavy atom. The first-order chi connectivity index (χ1) is 12.4. The summed E-state index contributed by atoms with van der Waals surface area (Å²) in [6, 6.07) is 8.25. The molecule has 0 amide bonds. The third-order valence-electron chi connectivity index (χ3n) is 4.28. The van der Waals surface area contributed by atoms with Gasteiger partial charge in [0.15, 0.2) is 0 Å². The van der Waals surface area contributed by atoms with Gasteiger partial charge < -0.3 is 9.30 Å². The number of thiophene rings is 1. The van der Waals surface area contributed by atoms with Crippen LogP contribution in [0.5, 0.6) is 5.75 Å². The van der Waals surface area contributed by atoms with Gasteiger partial charge in [-0.3, -0.25) is 4.79 Å². The maximum atomic E-state index is 12.9. The van der Waals surface area contributed by atoms with Crippen LogP contribution in [0.15, 0.2) is 41.3 Å². The standard InChI is InChI=1S/C18H15F2N3O2S/c1-10-7-14-16(26-10)13-8-21-23(17(24)15(13)22(14)2)9-11-3-5-12(6-4-11)25-18(19)20/h3-8,18H,9H2,1-2H3. The predicted molar refractivity (Wildman–Crippen MR) is 97.3 cm³/mol. The third-order valence-corrected chi connectivity index (χ3v) is 5.35. The minimum Gasteiger partial charge on any atom is -0.435 e. The van der Waals surface area contributed by atoms with Crippen molar-refractivity contribution in [3.05, 3.63) is 57.3 Å². The normalized spacial score (nSPS) is 11.7. The van der Waals surface area contributed by atoms with Crippen LogP contribution >= 0.6 is 11.3 Å². The highest BCUT2D eigenvalue weighted by molar-refractivity contribution is 7.20. The number of halogens is 2. The molecule has 0 aliphatic heterocycles. The van der Waals surface area contributed by atoms with Crippen molar-refractivity contribution in [3.63, 3.8) is 0 Å². The molecule has 3 aromatic heterocycles. The maximum Gasteiger partial charge on any atom is 0.387 e. The van der Waals surface area contributed by atoms with Crippen LogP contribution in [-0.4, -0.2) is 21.0 Å². The van der Waals surface area contributed by atoms with E-state index >= 15 is 0 Å². The van der Waals surface area contributed by atoms with E-state index in [0.29, 0.717) is 5.52 Å². The number of hydrogen-bond donors (Lipinski definition) is 0. The molecule has 8 heteroatoms. The molecule has 4 aromatic rings. The zero-order valence-corrected chi connectivity index (χ0v) is 14.9. The molecule has 134 valence electrons. The van der Waals surface area contributed by atoms with Gasteiger partial charge in [-0.1, -0.05) is 12.1 Å². The number of ether oxygens (including phenoxy) is 1. The van der Waals surface area contributed by atoms with Crippen molar-refractivity contribution < 1.29 is 13.5 Å². The Hall–Kier alpha value is -2.74. The zero-order valence-electron chi connectivity index (χ0n) is 14.1. The van der Waals surface area contributed by atoms with Crippen molar-refractivity contribution in [2.45, 2.75) is 20.1 Å². The van der Waals surface area contributed by atoms with E-state index in [-0.39, 0.29) is 17.9 Å². The van der Waals surface area contributed by atoms with E-state index < -0.39 is 6.61 Å². The van der Waals surface area contributed by atoms with E-state index in [9.17, 15) is 13.6 Å². The van der Waals surface area contributed by atoms with Gasteiger partial charge in [0.25, 0.3) is 5.56 Å². The number of alkyl halides is 2. The molecule has 26 heavy (non-hydrogen) atoms. The van der Waals surface area contributed by atoms with Gasteiger partial charge in [0.05, 0.1) is 23.0 Å². The Kier molecular flexibility index (Phi) is 3.99. The molecule has 0 aliphatic carbocycles. The number of rotatable bonds is 4. The van der Waals surface area contributed by atoms with Crippen LogP contribution in [0, 0.1) is 6.92 Å². The summed E-state index contributed by atoms with van der Waals surface area (Å²) in [6.45, 7) is -0.573. The first-order valence-corrected chi connectivity index (χ1v) is 8.74. The monoisotopic (exact) mass is 375 g/mol. The molecule has 0 aliphatic rings. The number of benzene rings is 1. The molecular weight excluding hydrogens is 360 g/mol. The van der Waals surface area contributed by atoms with Gasteiger partial charge >= 0.3 is 6.61 Å². The second-order valence-electron chi connectivity index (χ2n) is 6.02. The van der Waals surface area contributed by atoms with E-state index in [2.05, 4.69) is 15.9 Å². The summed E-state index contributed by atoms with van der Waals surface area (Å²) >= 11 is 1.64. The molecule has 5 nitrogen and oxygen atoms in total. The van der Waals surface area contributed by atoms with Crippen LogP contribution in [0.2, 0.25) is 0 Å². The summed E-state index contributed by atoms with van der Waals surface area (Å²) in [5.41, 5.74) is 2.22. The van der Waals surface area contributed by atoms with E-state index in [0.717, 1.165) is 21.2 Å². The average Bonchev–Trinajstić information content (AvgIpc) is 3.09. The first-order valence-electron chi connectivity index (χ1n) is 7.92. The number of aromatic nitrogens is 3. The Bertz CT molecular complexity index is 1160. The molecule has 0 atom stereocenters. The molecule has 0 bridgehead atoms. The van der Waals surface area contributed by atoms with Crippen molar-refractivity contribution in [1.82, 2.24) is 14.3 Å². The van der Waals surface area contributed by atoms with E-state index in [4.69, 9.17) is 0 Å². The van der Waals surface area contributed by atoms with Gasteiger partial charge in [-0.25, -0.2) is 4.68 Å². The highest BCUT2D eigenvalue weighted by Crippen LogP contribution is 2.32. The molecule has 0 saturated carbocycles. The van der Waals surface area contributed by atoms with Gasteiger partial charge in [0.2, 0.25) is 0 Å². The molecule has 3 heterocycles. The maximum absolute atomic E-state index is 12.9. The second-order valence-corrected chi connectivity index (χ2v) is 7.28. The lowest BCUT2D eigenvalue weighted by atomic mass is 10.2. The Labute approximate surface area is 151 Å². The van der Waals surface area contributed by atoms with Crippen molar-refractivity contribution in [2.24, 2.45) is 7.05 Å². The minimum atomic E-state index is -2.86. The fourth-order valence-electron chi connectivity index (χ4n) is 3.09. The van der Waals surface area contributed by atoms with Crippen molar-refractivity contribution in [1.29, 1.82) is 0 Å². The topological polar surface area (TPSA) is 49.1 Å². The Morgan fingerprint density at radius 1 is 1.27 bits per heavy atom. The lowest BCUT2D eigenvalue weighted by Crippen LogP contribution is -2.24. The van der Waals surface area contributed by atoms with Crippen molar-refractivity contribution in [2.75, 3.05) is 0 Å². The Morgan fingerprint density at radius 3 is 2.69 bits per heavy atom. The fourth-order valence-corrected chi connectivity index (χ4v) is 4.15. The van der Waals surface area contributed by atoms with Crippen LogP contribution in [0.4, 0.5) is 8.78 Å². The molecule has 0 fully saturated rings. The average molecular weight is 375 g/mol. The number of nitrogens with zero attached hydrogens (tertiary/aromatic N) is 3. The summed E-state index contributed by atoms with van der Waals surface area (Å²) in [5, 5.41) is 5.14. The second kappa shape index (κ2) is 6.21. The summed E-state index contributed by atoms with van der Waals surface area (Å²) in [4.78, 5) is 14.1. The number of aryl methyl sites for hydroxylation is 2. The number of hydrogen-bond acceptors (Lipinski definition) is 4. The van der Waals surface area contributed by atoms with Crippen molar-refractivity contribution >= 4 is 32.5 Å². The van der Waals surface area contributed by atoms with Gasteiger partial charge in [0, 0.05) is 17.3 Å². The van der Waals surface area contributed by atoms with Crippen LogP contribution in [0.3, 0.4) is 0 Å². The predicted octanol–water partition coefficient (Wildman–Crippen LogP) is 3.91. The van der Waals surface area contributed by atoms with Crippen LogP contribution in [0.25, 0.3) is 21.1 Å². The van der Waals surface area contributed by atoms with Crippen molar-refractivity contribution in [3.8, 4) is 5.75 Å². The lowest BCUT2D eigenvalue weighted by molar-refractivity contribution is -0.0498. The fraction of sp³-hybridized carbons (Fsp3) is 0.222. The van der Waals surface area contributed by atoms with E-state index in [1.165, 1.54) is 21.7 Å². The van der Waals surface area contributed by atoms with Crippen LogP contribution in [0.1, 0.15) is 10.4 Å². The molecule has 0 unspecified atom stereocenters. The molecule has 1 aromatic carbocycles. The lowest BCUT2D eigenvalue weighted by Gasteiger charge is -2.08. The molecule has 0 saturated heterocycles. The van der Waals surface area contributed by atoms with E-state index in [1.807, 2.05) is 18.5 Å². The molecular formula is C18H15F2N3O2S. The Balaban J connectivity index is 1.72.